The molecule has 2 aromatic carbocycles. The highest BCUT2D eigenvalue weighted by molar-refractivity contribution is 6.03. The number of hydrogen-bond acceptors (Lipinski definition) is 8. The average Bonchev–Trinajstić information content (AvgIpc) is 3.41. The van der Waals surface area contributed by atoms with E-state index in [0.29, 0.717) is 40.7 Å². The molecular formula is C36H38F2N6O2. The lowest BCUT2D eigenvalue weighted by Gasteiger charge is -2.55. The normalized spacial score (nSPS) is 27.1. The quantitative estimate of drug-likeness (QED) is 0.261. The highest BCUT2D eigenvalue weighted by Crippen LogP contribution is 2.54. The second-order valence-corrected chi connectivity index (χ2v) is 14.1. The molecule has 2 saturated heterocycles. The number of halogens is 2. The Labute approximate surface area is 267 Å². The summed E-state index contributed by atoms with van der Waals surface area (Å²) in [6.07, 6.45) is 16.0. The number of nitrogens with one attached hydrogen (secondary N) is 1. The molecule has 0 unspecified atom stereocenters. The molecule has 46 heavy (non-hydrogen) atoms. The van der Waals surface area contributed by atoms with Crippen molar-refractivity contribution in [1.82, 2.24) is 25.2 Å². The number of nitrogens with zero attached hydrogens (tertiary/aromatic N) is 5. The van der Waals surface area contributed by atoms with E-state index in [0.717, 1.165) is 64.5 Å². The number of aromatic hydroxyl groups is 1. The number of phenolic OH excluding ortho intramolecular Hbond substituents is 1. The summed E-state index contributed by atoms with van der Waals surface area (Å²) < 4.78 is 37.8. The zero-order chi connectivity index (χ0) is 31.8. The molecule has 0 radical (unpaired) electrons. The lowest BCUT2D eigenvalue weighted by atomic mass is 9.57. The molecule has 8 nitrogen and oxygen atoms in total. The van der Waals surface area contributed by atoms with Crippen molar-refractivity contribution in [3.05, 3.63) is 47.7 Å². The van der Waals surface area contributed by atoms with Crippen LogP contribution >= 0.6 is 0 Å². The maximum Gasteiger partial charge on any atom is 0.319 e. The topological polar surface area (TPSA) is 86.6 Å². The van der Waals surface area contributed by atoms with Crippen molar-refractivity contribution < 1.29 is 18.6 Å². The molecule has 3 saturated carbocycles. The van der Waals surface area contributed by atoms with Gasteiger partial charge in [0.25, 0.3) is 0 Å². The van der Waals surface area contributed by atoms with Crippen molar-refractivity contribution in [3.8, 4) is 35.4 Å². The number of phenols is 1. The Kier molecular flexibility index (Phi) is 6.85. The predicted octanol–water partition coefficient (Wildman–Crippen LogP) is 5.78. The minimum Gasteiger partial charge on any atom is -0.507 e. The van der Waals surface area contributed by atoms with Crippen LogP contribution in [0.3, 0.4) is 0 Å². The first-order chi connectivity index (χ1) is 22.2. The van der Waals surface area contributed by atoms with Crippen LogP contribution in [0.4, 0.5) is 14.6 Å². The van der Waals surface area contributed by atoms with Gasteiger partial charge in [-0.25, -0.2) is 8.78 Å². The number of anilines is 1. The van der Waals surface area contributed by atoms with Crippen molar-refractivity contribution >= 4 is 27.5 Å². The molecule has 2 aromatic heterocycles. The smallest absolute Gasteiger partial charge is 0.319 e. The molecular weight excluding hydrogens is 586 g/mol. The molecule has 9 rings (SSSR count). The standard InChI is InChI=1S/C36H38F2N6O2/c1-4-23-24-8-10-28(45)29(25(24)7-9-27(23)37)32-30(38)31-26(17-39-32)33(44-18-21-5-6-22(19-44)40-21)42-34(41-31)46-20-35-11-14-36(15-12-35,16-13-35)43(2)3/h1,7-10,17,21-22,40,45H,5-6,11-16,18-20H2,2-3H3/t21-,22+,35?,36?. The van der Waals surface area contributed by atoms with Crippen LogP contribution in [0.5, 0.6) is 11.8 Å². The molecule has 4 heterocycles. The van der Waals surface area contributed by atoms with E-state index in [1.165, 1.54) is 24.3 Å². The van der Waals surface area contributed by atoms with Crippen LogP contribution in [0.1, 0.15) is 56.9 Å². The first-order valence-corrected chi connectivity index (χ1v) is 16.3. The second-order valence-electron chi connectivity index (χ2n) is 14.1. The van der Waals surface area contributed by atoms with Crippen LogP contribution in [0.15, 0.2) is 30.5 Å². The first kappa shape index (κ1) is 29.3. The van der Waals surface area contributed by atoms with E-state index >= 15 is 4.39 Å². The summed E-state index contributed by atoms with van der Waals surface area (Å²) in [5.74, 6) is 1.52. The molecule has 4 bridgehead atoms. The van der Waals surface area contributed by atoms with E-state index in [1.54, 1.807) is 6.20 Å². The monoisotopic (exact) mass is 624 g/mol. The molecule has 3 aliphatic carbocycles. The van der Waals surface area contributed by atoms with Crippen LogP contribution in [-0.4, -0.2) is 76.4 Å². The Morgan fingerprint density at radius 2 is 1.70 bits per heavy atom. The molecule has 5 aliphatic rings. The van der Waals surface area contributed by atoms with Crippen LogP contribution < -0.4 is 15.0 Å². The lowest BCUT2D eigenvalue weighted by Crippen LogP contribution is -2.55. The fourth-order valence-electron chi connectivity index (χ4n) is 8.58. The minimum atomic E-state index is -0.706. The maximum absolute atomic E-state index is 16.8. The third kappa shape index (κ3) is 4.58. The number of piperazine rings is 1. The number of hydrogen-bond donors (Lipinski definition) is 2. The van der Waals surface area contributed by atoms with Gasteiger partial charge in [0, 0.05) is 47.7 Å². The van der Waals surface area contributed by atoms with Crippen LogP contribution in [0.2, 0.25) is 0 Å². The number of pyridine rings is 1. The molecule has 10 heteroatoms. The summed E-state index contributed by atoms with van der Waals surface area (Å²) >= 11 is 0. The van der Waals surface area contributed by atoms with Crippen LogP contribution in [0, 0.1) is 29.4 Å². The second kappa shape index (κ2) is 10.7. The number of ether oxygens (including phenoxy) is 1. The molecule has 2 aliphatic heterocycles. The van der Waals surface area contributed by atoms with Gasteiger partial charge in [-0.1, -0.05) is 12.0 Å². The van der Waals surface area contributed by atoms with Crippen molar-refractivity contribution in [2.45, 2.75) is 69.0 Å². The Morgan fingerprint density at radius 1 is 1.00 bits per heavy atom. The zero-order valence-electron chi connectivity index (χ0n) is 26.2. The molecule has 238 valence electrons. The number of terminal acetylenes is 1. The molecule has 2 N–H and O–H groups in total. The third-order valence-electron chi connectivity index (χ3n) is 11.5. The van der Waals surface area contributed by atoms with Gasteiger partial charge >= 0.3 is 6.01 Å². The van der Waals surface area contributed by atoms with E-state index in [2.05, 4.69) is 45.1 Å². The summed E-state index contributed by atoms with van der Waals surface area (Å²) in [7, 11) is 4.37. The Morgan fingerprint density at radius 3 is 2.37 bits per heavy atom. The molecule has 0 spiro atoms. The Bertz CT molecular complexity index is 1890. The van der Waals surface area contributed by atoms with Crippen molar-refractivity contribution in [1.29, 1.82) is 0 Å². The third-order valence-corrected chi connectivity index (χ3v) is 11.5. The molecule has 0 amide bonds. The fraction of sp³-hybridized carbons (Fsp3) is 0.472. The Hall–Kier alpha value is -4.07. The molecule has 5 fully saturated rings. The first-order valence-electron chi connectivity index (χ1n) is 16.3. The minimum absolute atomic E-state index is 0.0428. The van der Waals surface area contributed by atoms with Gasteiger partial charge in [-0.15, -0.1) is 6.42 Å². The van der Waals surface area contributed by atoms with E-state index in [9.17, 15) is 9.50 Å². The van der Waals surface area contributed by atoms with Crippen LogP contribution in [0.25, 0.3) is 32.9 Å². The molecule has 4 aromatic rings. The van der Waals surface area contributed by atoms with E-state index < -0.39 is 11.6 Å². The number of rotatable bonds is 6. The van der Waals surface area contributed by atoms with Crippen LogP contribution in [-0.2, 0) is 0 Å². The van der Waals surface area contributed by atoms with E-state index in [1.807, 2.05) is 0 Å². The highest BCUT2D eigenvalue weighted by atomic mass is 19.1. The SMILES string of the molecule is C#Cc1c(F)ccc2c(-c3ncc4c(N5C[C@H]6CC[C@@H](C5)N6)nc(OCC56CCC(N(C)C)(CC5)CC6)nc4c3F)c(O)ccc12. The number of benzene rings is 2. The summed E-state index contributed by atoms with van der Waals surface area (Å²) in [5.41, 5.74) is 0.487. The van der Waals surface area contributed by atoms with E-state index in [4.69, 9.17) is 16.1 Å². The van der Waals surface area contributed by atoms with Gasteiger partial charge in [0.2, 0.25) is 0 Å². The van der Waals surface area contributed by atoms with Crippen molar-refractivity contribution in [2.75, 3.05) is 38.7 Å². The van der Waals surface area contributed by atoms with Gasteiger partial charge in [-0.3, -0.25) is 4.98 Å². The van der Waals surface area contributed by atoms with E-state index in [-0.39, 0.29) is 45.1 Å². The zero-order valence-corrected chi connectivity index (χ0v) is 26.2. The van der Waals surface area contributed by atoms with Gasteiger partial charge in [0.1, 0.15) is 28.6 Å². The Balaban J connectivity index is 1.22. The van der Waals surface area contributed by atoms with Crippen molar-refractivity contribution in [3.63, 3.8) is 0 Å². The molecule has 2 atom stereocenters. The maximum atomic E-state index is 16.8. The van der Waals surface area contributed by atoms with Gasteiger partial charge in [-0.2, -0.15) is 9.97 Å². The number of fused-ring (bicyclic) bond motifs is 7. The summed E-state index contributed by atoms with van der Waals surface area (Å²) in [6.45, 7) is 1.97. The van der Waals surface area contributed by atoms with Gasteiger partial charge in [-0.05, 0) is 89.0 Å². The summed E-state index contributed by atoms with van der Waals surface area (Å²) in [4.78, 5) is 18.7. The fourth-order valence-corrected chi connectivity index (χ4v) is 8.58. The predicted molar refractivity (Wildman–Crippen MR) is 174 cm³/mol. The summed E-state index contributed by atoms with van der Waals surface area (Å²) in [6, 6.07) is 6.46. The van der Waals surface area contributed by atoms with Gasteiger partial charge in [0.15, 0.2) is 5.82 Å². The van der Waals surface area contributed by atoms with Crippen molar-refractivity contribution in [2.24, 2.45) is 5.41 Å². The highest BCUT2D eigenvalue weighted by Gasteiger charge is 2.50. The summed E-state index contributed by atoms with van der Waals surface area (Å²) in [5, 5.41) is 15.9. The largest absolute Gasteiger partial charge is 0.507 e. The lowest BCUT2D eigenvalue weighted by molar-refractivity contribution is -0.0536. The number of aromatic nitrogens is 3. The average molecular weight is 625 g/mol. The van der Waals surface area contributed by atoms with Gasteiger partial charge < -0.3 is 25.0 Å². The van der Waals surface area contributed by atoms with Gasteiger partial charge in [0.05, 0.1) is 23.1 Å².